The van der Waals surface area contributed by atoms with Crippen LogP contribution in [0.2, 0.25) is 5.02 Å². The summed E-state index contributed by atoms with van der Waals surface area (Å²) in [7, 11) is 0. The van der Waals surface area contributed by atoms with Crippen LogP contribution < -0.4 is 5.43 Å². The summed E-state index contributed by atoms with van der Waals surface area (Å²) in [4.78, 5) is 0. The van der Waals surface area contributed by atoms with Gasteiger partial charge >= 0.3 is 6.18 Å². The van der Waals surface area contributed by atoms with Crippen LogP contribution in [-0.2, 0) is 6.18 Å². The number of anilines is 1. The lowest BCUT2D eigenvalue weighted by Crippen LogP contribution is -2.06. The molecule has 3 rings (SSSR count). The fraction of sp³-hybridized carbons (Fsp3) is 0.125. The number of tetrazole rings is 1. The van der Waals surface area contributed by atoms with Gasteiger partial charge < -0.3 is 0 Å². The third-order valence-electron chi connectivity index (χ3n) is 3.52. The predicted molar refractivity (Wildman–Crippen MR) is 91.4 cm³/mol. The number of rotatable bonds is 4. The van der Waals surface area contributed by atoms with Crippen molar-refractivity contribution in [2.45, 2.75) is 13.1 Å². The van der Waals surface area contributed by atoms with E-state index in [4.69, 9.17) is 11.6 Å². The molecule has 0 bridgehead atoms. The Balaban J connectivity index is 1.84. The van der Waals surface area contributed by atoms with Gasteiger partial charge in [0.15, 0.2) is 0 Å². The molecule has 0 spiro atoms. The molecule has 0 radical (unpaired) electrons. The van der Waals surface area contributed by atoms with Crippen LogP contribution in [0.25, 0.3) is 5.69 Å². The van der Waals surface area contributed by atoms with Crippen molar-refractivity contribution >= 4 is 23.0 Å². The Morgan fingerprint density at radius 3 is 2.69 bits per heavy atom. The number of hydrogen-bond acceptors (Lipinski definition) is 5. The van der Waals surface area contributed by atoms with Gasteiger partial charge in [0.05, 0.1) is 27.7 Å². The summed E-state index contributed by atoms with van der Waals surface area (Å²) in [5, 5.41) is 15.2. The molecule has 0 aliphatic carbocycles. The molecule has 2 aromatic carbocycles. The second-order valence-corrected chi connectivity index (χ2v) is 5.71. The molecular formula is C16H12ClF3N6. The maximum absolute atomic E-state index is 12.8. The highest BCUT2D eigenvalue weighted by Gasteiger charge is 2.30. The van der Waals surface area contributed by atoms with Crippen LogP contribution in [0.3, 0.4) is 0 Å². The van der Waals surface area contributed by atoms with E-state index < -0.39 is 11.7 Å². The zero-order valence-electron chi connectivity index (χ0n) is 13.4. The summed E-state index contributed by atoms with van der Waals surface area (Å²) in [6.07, 6.45) is -3.01. The highest BCUT2D eigenvalue weighted by atomic mass is 35.5. The summed E-state index contributed by atoms with van der Waals surface area (Å²) in [5.74, 6) is 0. The quantitative estimate of drug-likeness (QED) is 0.545. The lowest BCUT2D eigenvalue weighted by Gasteiger charge is -2.11. The fourth-order valence-electron chi connectivity index (χ4n) is 2.15. The van der Waals surface area contributed by atoms with Gasteiger partial charge in [-0.15, -0.1) is 5.10 Å². The van der Waals surface area contributed by atoms with Crippen molar-refractivity contribution in [3.05, 3.63) is 64.9 Å². The van der Waals surface area contributed by atoms with E-state index in [1.807, 2.05) is 12.1 Å². The summed E-state index contributed by atoms with van der Waals surface area (Å²) in [6.45, 7) is 1.72. The van der Waals surface area contributed by atoms with Crippen molar-refractivity contribution < 1.29 is 13.2 Å². The first kappa shape index (κ1) is 17.9. The molecule has 6 nitrogen and oxygen atoms in total. The fourth-order valence-corrected chi connectivity index (χ4v) is 2.31. The van der Waals surface area contributed by atoms with Crippen molar-refractivity contribution in [2.75, 3.05) is 5.43 Å². The highest BCUT2D eigenvalue weighted by molar-refractivity contribution is 6.33. The smallest absolute Gasteiger partial charge is 0.277 e. The molecule has 10 heteroatoms. The molecule has 26 heavy (non-hydrogen) atoms. The molecule has 0 fully saturated rings. The number of hydrogen-bond donors (Lipinski definition) is 1. The lowest BCUT2D eigenvalue weighted by atomic mass is 10.1. The molecule has 0 unspecified atom stereocenters. The van der Waals surface area contributed by atoms with Gasteiger partial charge in [-0.25, -0.2) is 4.68 Å². The summed E-state index contributed by atoms with van der Waals surface area (Å²) < 4.78 is 39.9. The average Bonchev–Trinajstić information content (AvgIpc) is 3.14. The molecule has 0 aliphatic heterocycles. The molecular weight excluding hydrogens is 369 g/mol. The summed E-state index contributed by atoms with van der Waals surface area (Å²) in [5.41, 5.74) is 3.86. The number of halogens is 4. The van der Waals surface area contributed by atoms with Crippen molar-refractivity contribution in [1.82, 2.24) is 20.2 Å². The standard InChI is InChI=1S/C16H12ClF3N6/c1-10(11-3-2-4-13(7-11)26-9-21-24-25-26)22-23-15-8-12(16(18,19)20)5-6-14(15)17/h2-9,23H,1H3/b22-10-. The minimum atomic E-state index is -4.46. The molecule has 0 atom stereocenters. The van der Waals surface area contributed by atoms with Gasteiger partial charge in [0, 0.05) is 0 Å². The first-order valence-corrected chi connectivity index (χ1v) is 7.73. The Hall–Kier alpha value is -2.94. The van der Waals surface area contributed by atoms with Crippen LogP contribution in [0, 0.1) is 0 Å². The van der Waals surface area contributed by atoms with Gasteiger partial charge in [-0.3, -0.25) is 5.43 Å². The zero-order chi connectivity index (χ0) is 18.7. The van der Waals surface area contributed by atoms with Gasteiger partial charge in [-0.2, -0.15) is 18.3 Å². The Bertz CT molecular complexity index is 937. The Morgan fingerprint density at radius 1 is 1.19 bits per heavy atom. The van der Waals surface area contributed by atoms with Crippen molar-refractivity contribution in [3.8, 4) is 5.69 Å². The van der Waals surface area contributed by atoms with Crippen LogP contribution in [0.4, 0.5) is 18.9 Å². The largest absolute Gasteiger partial charge is 0.416 e. The Labute approximate surface area is 151 Å². The van der Waals surface area contributed by atoms with Crippen molar-refractivity contribution in [3.63, 3.8) is 0 Å². The molecule has 3 aromatic rings. The van der Waals surface area contributed by atoms with E-state index in [9.17, 15) is 13.2 Å². The topological polar surface area (TPSA) is 68.0 Å². The first-order chi connectivity index (χ1) is 12.3. The monoisotopic (exact) mass is 380 g/mol. The molecule has 134 valence electrons. The maximum atomic E-state index is 12.8. The molecule has 0 aliphatic rings. The summed E-state index contributed by atoms with van der Waals surface area (Å²) in [6, 6.07) is 10.2. The van der Waals surface area contributed by atoms with E-state index in [0.717, 1.165) is 23.4 Å². The first-order valence-electron chi connectivity index (χ1n) is 7.35. The maximum Gasteiger partial charge on any atom is 0.416 e. The number of hydrazone groups is 1. The van der Waals surface area contributed by atoms with E-state index in [2.05, 4.69) is 26.1 Å². The van der Waals surface area contributed by atoms with E-state index in [0.29, 0.717) is 5.71 Å². The number of nitrogens with zero attached hydrogens (tertiary/aromatic N) is 5. The van der Waals surface area contributed by atoms with Crippen LogP contribution >= 0.6 is 11.6 Å². The molecule has 1 aromatic heterocycles. The molecule has 0 saturated carbocycles. The number of nitrogens with one attached hydrogen (secondary N) is 1. The van der Waals surface area contributed by atoms with Crippen LogP contribution in [0.5, 0.6) is 0 Å². The lowest BCUT2D eigenvalue weighted by molar-refractivity contribution is -0.137. The van der Waals surface area contributed by atoms with E-state index >= 15 is 0 Å². The van der Waals surface area contributed by atoms with Gasteiger partial charge in [-0.05, 0) is 53.2 Å². The number of alkyl halides is 3. The van der Waals surface area contributed by atoms with E-state index in [1.54, 1.807) is 19.1 Å². The second-order valence-electron chi connectivity index (χ2n) is 5.31. The minimum absolute atomic E-state index is 0.0671. The Kier molecular flexibility index (Phi) is 4.90. The molecule has 1 heterocycles. The van der Waals surface area contributed by atoms with Gasteiger partial charge in [0.2, 0.25) is 0 Å². The van der Waals surface area contributed by atoms with Crippen LogP contribution in [-0.4, -0.2) is 25.9 Å². The van der Waals surface area contributed by atoms with Gasteiger partial charge in [-0.1, -0.05) is 23.7 Å². The third-order valence-corrected chi connectivity index (χ3v) is 3.84. The predicted octanol–water partition coefficient (Wildman–Crippen LogP) is 4.17. The molecule has 0 saturated heterocycles. The van der Waals surface area contributed by atoms with Gasteiger partial charge in [0.25, 0.3) is 0 Å². The Morgan fingerprint density at radius 2 is 2.00 bits per heavy atom. The third kappa shape index (κ3) is 3.99. The number of aromatic nitrogens is 4. The van der Waals surface area contributed by atoms with Gasteiger partial charge in [0.1, 0.15) is 6.33 Å². The number of benzene rings is 2. The van der Waals surface area contributed by atoms with Crippen LogP contribution in [0.1, 0.15) is 18.1 Å². The van der Waals surface area contributed by atoms with Crippen molar-refractivity contribution in [1.29, 1.82) is 0 Å². The highest BCUT2D eigenvalue weighted by Crippen LogP contribution is 2.33. The molecule has 1 N–H and O–H groups in total. The zero-order valence-corrected chi connectivity index (χ0v) is 14.1. The van der Waals surface area contributed by atoms with Crippen molar-refractivity contribution in [2.24, 2.45) is 5.10 Å². The van der Waals surface area contributed by atoms with E-state index in [-0.39, 0.29) is 10.7 Å². The SMILES string of the molecule is C/C(=N/Nc1cc(C(F)(F)F)ccc1Cl)c1cccc(-n2cnnn2)c1. The van der Waals surface area contributed by atoms with E-state index in [1.165, 1.54) is 17.1 Å². The molecule has 0 amide bonds. The van der Waals surface area contributed by atoms with Crippen LogP contribution in [0.15, 0.2) is 53.9 Å². The normalized spacial score (nSPS) is 12.3. The minimum Gasteiger partial charge on any atom is -0.277 e. The second kappa shape index (κ2) is 7.12. The average molecular weight is 381 g/mol. The summed E-state index contributed by atoms with van der Waals surface area (Å²) >= 11 is 5.94.